The monoisotopic (exact) mass is 680 g/mol. The van der Waals surface area contributed by atoms with Gasteiger partial charge in [-0.3, -0.25) is 19.1 Å². The molecule has 252 valence electrons. The number of carbonyl (C=O) groups is 2. The molecule has 0 aliphatic rings. The average Bonchev–Trinajstić information content (AvgIpc) is 3.34. The first-order valence-electron chi connectivity index (χ1n) is 15.4. The predicted molar refractivity (Wildman–Crippen MR) is 187 cm³/mol. The Labute approximate surface area is 284 Å². The van der Waals surface area contributed by atoms with Crippen molar-refractivity contribution in [2.24, 2.45) is 12.1 Å². The lowest BCUT2D eigenvalue weighted by atomic mass is 10.1. The largest absolute Gasteiger partial charge is 0.484 e. The Bertz CT molecular complexity index is 2100. The van der Waals surface area contributed by atoms with Gasteiger partial charge in [-0.15, -0.1) is 0 Å². The number of anilines is 1. The van der Waals surface area contributed by atoms with Gasteiger partial charge in [0, 0.05) is 7.05 Å². The summed E-state index contributed by atoms with van der Waals surface area (Å²) in [5, 5.41) is 6.87. The maximum atomic E-state index is 13.9. The molecule has 0 radical (unpaired) electrons. The molecule has 1 heterocycles. The molecule has 4 aromatic carbocycles. The average molecular weight is 681 g/mol. The van der Waals surface area contributed by atoms with Gasteiger partial charge in [-0.25, -0.2) is 22.8 Å². The van der Waals surface area contributed by atoms with E-state index >= 15 is 0 Å². The Hall–Kier alpha value is -5.95. The fourth-order valence-corrected chi connectivity index (χ4v) is 6.59. The number of rotatable bonds is 13. The second-order valence-electron chi connectivity index (χ2n) is 11.1. The van der Waals surface area contributed by atoms with Crippen LogP contribution < -0.4 is 25.3 Å². The van der Waals surface area contributed by atoms with Crippen LogP contribution in [0, 0.1) is 6.92 Å². The summed E-state index contributed by atoms with van der Waals surface area (Å²) in [6, 6.07) is 32.5. The van der Waals surface area contributed by atoms with E-state index in [1.807, 2.05) is 37.3 Å². The molecule has 1 aromatic heterocycles. The van der Waals surface area contributed by atoms with Gasteiger partial charge in [0.05, 0.1) is 28.5 Å². The summed E-state index contributed by atoms with van der Waals surface area (Å²) < 4.78 is 37.1. The van der Waals surface area contributed by atoms with Gasteiger partial charge in [-0.1, -0.05) is 66.7 Å². The number of para-hydroxylation sites is 1. The van der Waals surface area contributed by atoms with E-state index in [1.54, 1.807) is 91.4 Å². The van der Waals surface area contributed by atoms with E-state index in [2.05, 4.69) is 15.8 Å². The molecule has 2 amide bonds. The van der Waals surface area contributed by atoms with E-state index in [0.29, 0.717) is 22.7 Å². The Morgan fingerprint density at radius 2 is 1.47 bits per heavy atom. The number of nitrogens with zero attached hydrogens (tertiary/aromatic N) is 4. The predicted octanol–water partition coefficient (Wildman–Crippen LogP) is 4.09. The Morgan fingerprint density at radius 1 is 0.878 bits per heavy atom. The zero-order valence-corrected chi connectivity index (χ0v) is 28.0. The third-order valence-electron chi connectivity index (χ3n) is 7.72. The summed E-state index contributed by atoms with van der Waals surface area (Å²) in [5.41, 5.74) is 4.06. The van der Waals surface area contributed by atoms with Crippen LogP contribution in [0.5, 0.6) is 5.75 Å². The summed E-state index contributed by atoms with van der Waals surface area (Å²) >= 11 is 0. The van der Waals surface area contributed by atoms with Crippen molar-refractivity contribution in [1.82, 2.24) is 20.1 Å². The molecule has 0 bridgehead atoms. The van der Waals surface area contributed by atoms with Crippen molar-refractivity contribution < 1.29 is 22.7 Å². The summed E-state index contributed by atoms with van der Waals surface area (Å²) in [5.74, 6) is -0.567. The molecule has 0 fully saturated rings. The highest BCUT2D eigenvalue weighted by atomic mass is 32.2. The minimum Gasteiger partial charge on any atom is -0.484 e. The maximum absolute atomic E-state index is 13.9. The van der Waals surface area contributed by atoms with Crippen LogP contribution in [-0.2, 0) is 26.7 Å². The lowest BCUT2D eigenvalue weighted by Crippen LogP contribution is -2.42. The molecule has 5 aromatic rings. The molecule has 12 nitrogen and oxygen atoms in total. The van der Waals surface area contributed by atoms with Gasteiger partial charge in [0.15, 0.2) is 6.61 Å². The zero-order chi connectivity index (χ0) is 35.0. The summed E-state index contributed by atoms with van der Waals surface area (Å²) in [7, 11) is -2.70. The minimum atomic E-state index is -4.34. The number of hydrazone groups is 1. The van der Waals surface area contributed by atoms with Gasteiger partial charge in [-0.05, 0) is 73.5 Å². The highest BCUT2D eigenvalue weighted by Gasteiger charge is 2.33. The van der Waals surface area contributed by atoms with Gasteiger partial charge in [0.2, 0.25) is 0 Å². The number of hydrogen-bond acceptors (Lipinski definition) is 7. The van der Waals surface area contributed by atoms with Crippen LogP contribution in [0.4, 0.5) is 5.69 Å². The standard InChI is InChI=1S/C36H36N6O6S/c1-26(29-13-7-4-8-14-29)38-34(44)25-48-31-21-19-28(20-22-31)23-37-39-33(43)24-41(49(46,47)32-17-11-6-12-18-32)35-27(2)40(3)42(36(35)45)30-15-9-5-10-16-30/h4-23,26H,24-25H2,1-3H3,(H,38,44)(H,39,43)/b37-23-/t26-/m0/s1. The number of nitrogens with one attached hydrogen (secondary N) is 2. The molecule has 2 N–H and O–H groups in total. The van der Waals surface area contributed by atoms with Crippen molar-refractivity contribution in [1.29, 1.82) is 0 Å². The molecule has 0 unspecified atom stereocenters. The van der Waals surface area contributed by atoms with Crippen LogP contribution in [0.15, 0.2) is 130 Å². The van der Waals surface area contributed by atoms with Gasteiger partial charge in [-0.2, -0.15) is 5.10 Å². The number of aromatic nitrogens is 2. The van der Waals surface area contributed by atoms with E-state index in [0.717, 1.165) is 9.87 Å². The third kappa shape index (κ3) is 8.14. The van der Waals surface area contributed by atoms with Gasteiger partial charge in [0.1, 0.15) is 18.0 Å². The van der Waals surface area contributed by atoms with Gasteiger partial charge >= 0.3 is 0 Å². The Morgan fingerprint density at radius 3 is 2.10 bits per heavy atom. The van der Waals surface area contributed by atoms with Crippen LogP contribution in [0.3, 0.4) is 0 Å². The summed E-state index contributed by atoms with van der Waals surface area (Å²) in [4.78, 5) is 39.2. The van der Waals surface area contributed by atoms with Crippen molar-refractivity contribution in [2.45, 2.75) is 24.8 Å². The van der Waals surface area contributed by atoms with E-state index in [9.17, 15) is 22.8 Å². The Balaban J connectivity index is 1.26. The number of sulfonamides is 1. The molecule has 13 heteroatoms. The fraction of sp³-hybridized carbons (Fsp3) is 0.167. The second kappa shape index (κ2) is 15.3. The highest BCUT2D eigenvalue weighted by molar-refractivity contribution is 7.92. The van der Waals surface area contributed by atoms with Crippen molar-refractivity contribution in [3.05, 3.63) is 142 Å². The van der Waals surface area contributed by atoms with E-state index < -0.39 is 28.0 Å². The van der Waals surface area contributed by atoms with Crippen molar-refractivity contribution in [3.8, 4) is 11.4 Å². The van der Waals surface area contributed by atoms with E-state index in [1.165, 1.54) is 23.0 Å². The third-order valence-corrected chi connectivity index (χ3v) is 9.48. The first-order valence-corrected chi connectivity index (χ1v) is 16.8. The fourth-order valence-electron chi connectivity index (χ4n) is 5.10. The number of benzene rings is 4. The van der Waals surface area contributed by atoms with Crippen molar-refractivity contribution in [3.63, 3.8) is 0 Å². The van der Waals surface area contributed by atoms with Crippen LogP contribution in [0.2, 0.25) is 0 Å². The van der Waals surface area contributed by atoms with Crippen molar-refractivity contribution in [2.75, 3.05) is 17.5 Å². The van der Waals surface area contributed by atoms with Gasteiger partial charge < -0.3 is 10.1 Å². The number of hydrogen-bond donors (Lipinski definition) is 2. The highest BCUT2D eigenvalue weighted by Crippen LogP contribution is 2.25. The maximum Gasteiger partial charge on any atom is 0.296 e. The number of amides is 2. The Kier molecular flexibility index (Phi) is 10.7. The number of carbonyl (C=O) groups excluding carboxylic acids is 2. The van der Waals surface area contributed by atoms with Crippen LogP contribution in [0.1, 0.15) is 29.8 Å². The molecule has 5 rings (SSSR count). The van der Waals surface area contributed by atoms with E-state index in [-0.39, 0.29) is 29.1 Å². The molecule has 0 spiro atoms. The quantitative estimate of drug-likeness (QED) is 0.142. The smallest absolute Gasteiger partial charge is 0.296 e. The SMILES string of the molecule is Cc1c(N(CC(=O)N/N=C\c2ccc(OCC(=O)N[C@@H](C)c3ccccc3)cc2)S(=O)(=O)c2ccccc2)c(=O)n(-c2ccccc2)n1C. The van der Waals surface area contributed by atoms with Crippen LogP contribution >= 0.6 is 0 Å². The molecule has 0 saturated carbocycles. The topological polar surface area (TPSA) is 144 Å². The van der Waals surface area contributed by atoms with Crippen LogP contribution in [-0.4, -0.2) is 49.0 Å². The molecule has 1 atom stereocenters. The van der Waals surface area contributed by atoms with Crippen molar-refractivity contribution >= 4 is 33.7 Å². The molecule has 0 saturated heterocycles. The normalized spacial score (nSPS) is 12.0. The molecular formula is C36H36N6O6S. The van der Waals surface area contributed by atoms with Crippen LogP contribution in [0.25, 0.3) is 5.69 Å². The lowest BCUT2D eigenvalue weighted by Gasteiger charge is -2.22. The molecular weight excluding hydrogens is 644 g/mol. The van der Waals surface area contributed by atoms with Gasteiger partial charge in [0.25, 0.3) is 27.4 Å². The molecule has 49 heavy (non-hydrogen) atoms. The molecule has 0 aliphatic heterocycles. The molecule has 0 aliphatic carbocycles. The number of ether oxygens (including phenoxy) is 1. The second-order valence-corrected chi connectivity index (χ2v) is 12.9. The minimum absolute atomic E-state index is 0.0780. The lowest BCUT2D eigenvalue weighted by molar-refractivity contribution is -0.123. The summed E-state index contributed by atoms with van der Waals surface area (Å²) in [6.45, 7) is 2.64. The summed E-state index contributed by atoms with van der Waals surface area (Å²) in [6.07, 6.45) is 1.38. The first kappa shape index (κ1) is 34.4. The first-order chi connectivity index (χ1) is 23.6. The van der Waals surface area contributed by atoms with E-state index in [4.69, 9.17) is 4.74 Å². The zero-order valence-electron chi connectivity index (χ0n) is 27.2.